The Labute approximate surface area is 186 Å². The Balaban J connectivity index is 1.28. The standard InChI is InChI=1S/C25H21NO5S/c1-32(29,30)26-11-10-18-13-20(8-9-23(18)26)25(28)31-15-24(27)19-7-6-17-12-16-4-2-3-5-21(16)22(17)14-19/h2-9,13-14H,10-12,15H2,1H3. The third-order valence-corrected chi connectivity index (χ3v) is 7.20. The van der Waals surface area contributed by atoms with Gasteiger partial charge in [0.15, 0.2) is 12.4 Å². The monoisotopic (exact) mass is 447 g/mol. The predicted molar refractivity (Wildman–Crippen MR) is 122 cm³/mol. The summed E-state index contributed by atoms with van der Waals surface area (Å²) in [5.74, 6) is -0.875. The Bertz CT molecular complexity index is 1380. The lowest BCUT2D eigenvalue weighted by Gasteiger charge is -2.16. The van der Waals surface area contributed by atoms with Crippen molar-refractivity contribution in [1.29, 1.82) is 0 Å². The second-order valence-electron chi connectivity index (χ2n) is 8.13. The second-order valence-corrected chi connectivity index (χ2v) is 10.0. The number of ether oxygens (including phenoxy) is 1. The largest absolute Gasteiger partial charge is 0.454 e. The normalized spacial score (nSPS) is 14.0. The maximum Gasteiger partial charge on any atom is 0.338 e. The van der Waals surface area contributed by atoms with Gasteiger partial charge >= 0.3 is 5.97 Å². The van der Waals surface area contributed by atoms with Crippen LogP contribution in [0.15, 0.2) is 60.7 Å². The Hall–Kier alpha value is -3.45. The van der Waals surface area contributed by atoms with Crippen molar-refractivity contribution in [1.82, 2.24) is 0 Å². The lowest BCUT2D eigenvalue weighted by Crippen LogP contribution is -2.27. The fourth-order valence-electron chi connectivity index (χ4n) is 4.44. The van der Waals surface area contributed by atoms with Gasteiger partial charge < -0.3 is 4.74 Å². The first-order chi connectivity index (χ1) is 15.3. The summed E-state index contributed by atoms with van der Waals surface area (Å²) in [5, 5.41) is 0. The topological polar surface area (TPSA) is 80.8 Å². The summed E-state index contributed by atoms with van der Waals surface area (Å²) in [5.41, 5.74) is 6.76. The van der Waals surface area contributed by atoms with Gasteiger partial charge in [0.1, 0.15) is 0 Å². The van der Waals surface area contributed by atoms with Gasteiger partial charge in [-0.15, -0.1) is 0 Å². The molecule has 0 amide bonds. The van der Waals surface area contributed by atoms with Crippen molar-refractivity contribution < 1.29 is 22.7 Å². The van der Waals surface area contributed by atoms with Gasteiger partial charge in [-0.25, -0.2) is 13.2 Å². The van der Waals surface area contributed by atoms with E-state index in [9.17, 15) is 18.0 Å². The molecule has 162 valence electrons. The van der Waals surface area contributed by atoms with Crippen LogP contribution in [0.5, 0.6) is 0 Å². The summed E-state index contributed by atoms with van der Waals surface area (Å²) < 4.78 is 30.3. The number of nitrogens with zero attached hydrogens (tertiary/aromatic N) is 1. The quantitative estimate of drug-likeness (QED) is 0.345. The molecular formula is C25H21NO5S. The van der Waals surface area contributed by atoms with E-state index in [1.165, 1.54) is 21.5 Å². The summed E-state index contributed by atoms with van der Waals surface area (Å²) in [7, 11) is -3.35. The zero-order valence-electron chi connectivity index (χ0n) is 17.5. The molecule has 6 nitrogen and oxygen atoms in total. The average Bonchev–Trinajstić information content (AvgIpc) is 3.37. The SMILES string of the molecule is CS(=O)(=O)N1CCc2cc(C(=O)OCC(=O)c3ccc4c(c3)-c3ccccc3C4)ccc21. The van der Waals surface area contributed by atoms with Crippen molar-refractivity contribution in [2.45, 2.75) is 12.8 Å². The number of anilines is 1. The summed E-state index contributed by atoms with van der Waals surface area (Å²) in [6, 6.07) is 18.5. The van der Waals surface area contributed by atoms with E-state index in [4.69, 9.17) is 4.74 Å². The number of rotatable bonds is 5. The molecule has 5 rings (SSSR count). The number of fused-ring (bicyclic) bond motifs is 4. The molecule has 3 aromatic rings. The zero-order chi connectivity index (χ0) is 22.5. The van der Waals surface area contributed by atoms with Gasteiger partial charge in [0.25, 0.3) is 0 Å². The highest BCUT2D eigenvalue weighted by molar-refractivity contribution is 7.92. The van der Waals surface area contributed by atoms with Crippen LogP contribution in [-0.2, 0) is 27.6 Å². The van der Waals surface area contributed by atoms with Crippen LogP contribution in [0.2, 0.25) is 0 Å². The summed E-state index contributed by atoms with van der Waals surface area (Å²) >= 11 is 0. The molecule has 1 aliphatic heterocycles. The smallest absolute Gasteiger partial charge is 0.338 e. The number of esters is 1. The first-order valence-electron chi connectivity index (χ1n) is 10.3. The number of carbonyl (C=O) groups excluding carboxylic acids is 2. The Morgan fingerprint density at radius 2 is 1.66 bits per heavy atom. The van der Waals surface area contributed by atoms with Gasteiger partial charge in [-0.2, -0.15) is 0 Å². The van der Waals surface area contributed by atoms with Crippen LogP contribution in [0.25, 0.3) is 11.1 Å². The van der Waals surface area contributed by atoms with Gasteiger partial charge in [0.2, 0.25) is 10.0 Å². The van der Waals surface area contributed by atoms with E-state index in [0.717, 1.165) is 29.4 Å². The van der Waals surface area contributed by atoms with E-state index in [1.54, 1.807) is 18.2 Å². The molecule has 0 atom stereocenters. The first kappa shape index (κ1) is 20.5. The molecule has 0 spiro atoms. The third-order valence-electron chi connectivity index (χ3n) is 6.02. The number of carbonyl (C=O) groups is 2. The average molecular weight is 448 g/mol. The number of hydrogen-bond acceptors (Lipinski definition) is 5. The van der Waals surface area contributed by atoms with Crippen molar-refractivity contribution in [3.8, 4) is 11.1 Å². The molecule has 0 unspecified atom stereocenters. The van der Waals surface area contributed by atoms with E-state index >= 15 is 0 Å². The van der Waals surface area contributed by atoms with Gasteiger partial charge in [-0.1, -0.05) is 36.4 Å². The lowest BCUT2D eigenvalue weighted by molar-refractivity contribution is 0.0474. The molecule has 0 N–H and O–H groups in total. The van der Waals surface area contributed by atoms with Gasteiger partial charge in [0.05, 0.1) is 17.5 Å². The van der Waals surface area contributed by atoms with E-state index in [2.05, 4.69) is 6.07 Å². The fourth-order valence-corrected chi connectivity index (χ4v) is 5.40. The maximum absolute atomic E-state index is 12.7. The molecule has 3 aromatic carbocycles. The highest BCUT2D eigenvalue weighted by atomic mass is 32.2. The van der Waals surface area contributed by atoms with Crippen molar-refractivity contribution in [3.05, 3.63) is 88.5 Å². The minimum absolute atomic E-state index is 0.269. The van der Waals surface area contributed by atoms with Crippen LogP contribution >= 0.6 is 0 Å². The number of sulfonamides is 1. The van der Waals surface area contributed by atoms with Crippen LogP contribution in [-0.4, -0.2) is 39.6 Å². The van der Waals surface area contributed by atoms with Crippen molar-refractivity contribution in [3.63, 3.8) is 0 Å². The van der Waals surface area contributed by atoms with E-state index in [0.29, 0.717) is 29.8 Å². The highest BCUT2D eigenvalue weighted by Crippen LogP contribution is 2.37. The summed E-state index contributed by atoms with van der Waals surface area (Å²) in [6.07, 6.45) is 2.54. The number of benzene rings is 3. The van der Waals surface area contributed by atoms with Crippen LogP contribution in [0, 0.1) is 0 Å². The van der Waals surface area contributed by atoms with Crippen LogP contribution < -0.4 is 4.31 Å². The molecule has 1 aliphatic carbocycles. The van der Waals surface area contributed by atoms with Crippen LogP contribution in [0.3, 0.4) is 0 Å². The second kappa shape index (κ2) is 7.60. The molecule has 0 fully saturated rings. The summed E-state index contributed by atoms with van der Waals surface area (Å²) in [6.45, 7) is -0.00156. The molecule has 2 aliphatic rings. The van der Waals surface area contributed by atoms with Crippen LogP contribution in [0.4, 0.5) is 5.69 Å². The molecule has 0 radical (unpaired) electrons. The fraction of sp³-hybridized carbons (Fsp3) is 0.200. The van der Waals surface area contributed by atoms with E-state index in [1.807, 2.05) is 30.3 Å². The molecular weight excluding hydrogens is 426 g/mol. The summed E-state index contributed by atoms with van der Waals surface area (Å²) in [4.78, 5) is 25.2. The molecule has 0 saturated carbocycles. The zero-order valence-corrected chi connectivity index (χ0v) is 18.3. The third kappa shape index (κ3) is 3.58. The molecule has 1 heterocycles. The van der Waals surface area contributed by atoms with Gasteiger partial charge in [0, 0.05) is 12.1 Å². The van der Waals surface area contributed by atoms with Crippen LogP contribution in [0.1, 0.15) is 37.4 Å². The highest BCUT2D eigenvalue weighted by Gasteiger charge is 2.27. The minimum Gasteiger partial charge on any atom is -0.454 e. The van der Waals surface area contributed by atoms with E-state index in [-0.39, 0.29) is 12.4 Å². The molecule has 7 heteroatoms. The molecule has 0 bridgehead atoms. The molecule has 32 heavy (non-hydrogen) atoms. The maximum atomic E-state index is 12.7. The van der Waals surface area contributed by atoms with Crippen molar-refractivity contribution >= 4 is 27.5 Å². The van der Waals surface area contributed by atoms with Crippen molar-refractivity contribution in [2.24, 2.45) is 0 Å². The van der Waals surface area contributed by atoms with Gasteiger partial charge in [-0.3, -0.25) is 9.10 Å². The number of hydrogen-bond donors (Lipinski definition) is 0. The minimum atomic E-state index is -3.35. The van der Waals surface area contributed by atoms with E-state index < -0.39 is 16.0 Å². The predicted octanol–water partition coefficient (Wildman–Crippen LogP) is 3.62. The lowest BCUT2D eigenvalue weighted by atomic mass is 10.0. The molecule has 0 saturated heterocycles. The molecule has 0 aromatic heterocycles. The van der Waals surface area contributed by atoms with Gasteiger partial charge in [-0.05, 0) is 64.9 Å². The Morgan fingerprint density at radius 1 is 0.906 bits per heavy atom. The first-order valence-corrected chi connectivity index (χ1v) is 12.2. The Kier molecular flexibility index (Phi) is 4.86. The number of Topliss-reactive ketones (excluding diaryl/α,β-unsaturated/α-hetero) is 1. The Morgan fingerprint density at radius 3 is 2.47 bits per heavy atom. The number of ketones is 1. The van der Waals surface area contributed by atoms with Crippen molar-refractivity contribution in [2.75, 3.05) is 23.7 Å².